The summed E-state index contributed by atoms with van der Waals surface area (Å²) in [5.74, 6) is 0.830. The van der Waals surface area contributed by atoms with E-state index in [1.165, 1.54) is 0 Å². The van der Waals surface area contributed by atoms with Crippen LogP contribution in [0.25, 0.3) is 0 Å². The first-order valence-electron chi connectivity index (χ1n) is 6.48. The van der Waals surface area contributed by atoms with Gasteiger partial charge in [-0.2, -0.15) is 0 Å². The summed E-state index contributed by atoms with van der Waals surface area (Å²) in [6.45, 7) is 2.93. The number of nitrogens with one attached hydrogen (secondary N) is 1. The lowest BCUT2D eigenvalue weighted by Crippen LogP contribution is -2.23. The van der Waals surface area contributed by atoms with Crippen molar-refractivity contribution >= 4 is 27.5 Å². The molecule has 0 aliphatic rings. The van der Waals surface area contributed by atoms with E-state index in [0.29, 0.717) is 5.02 Å². The van der Waals surface area contributed by atoms with Gasteiger partial charge in [0.15, 0.2) is 0 Å². The lowest BCUT2D eigenvalue weighted by molar-refractivity contribution is 0.404. The van der Waals surface area contributed by atoms with Crippen LogP contribution in [0.4, 0.5) is 0 Å². The minimum atomic E-state index is 0.0317. The van der Waals surface area contributed by atoms with Crippen LogP contribution in [0.5, 0.6) is 5.75 Å². The summed E-state index contributed by atoms with van der Waals surface area (Å²) in [5, 5.41) is 4.19. The lowest BCUT2D eigenvalue weighted by atomic mass is 9.97. The number of ether oxygens (including phenoxy) is 1. The van der Waals surface area contributed by atoms with E-state index in [1.807, 2.05) is 36.4 Å². The van der Waals surface area contributed by atoms with Gasteiger partial charge in [-0.25, -0.2) is 0 Å². The molecule has 0 fully saturated rings. The van der Waals surface area contributed by atoms with Crippen molar-refractivity contribution in [2.45, 2.75) is 13.0 Å². The van der Waals surface area contributed by atoms with E-state index < -0.39 is 0 Å². The summed E-state index contributed by atoms with van der Waals surface area (Å²) in [6, 6.07) is 13.9. The van der Waals surface area contributed by atoms with E-state index in [9.17, 15) is 0 Å². The van der Waals surface area contributed by atoms with Gasteiger partial charge in [-0.3, -0.25) is 0 Å². The maximum Gasteiger partial charge on any atom is 0.124 e. The third kappa shape index (κ3) is 3.35. The van der Waals surface area contributed by atoms with Crippen LogP contribution in [0.2, 0.25) is 5.02 Å². The maximum absolute atomic E-state index is 6.15. The summed E-state index contributed by atoms with van der Waals surface area (Å²) in [5.41, 5.74) is 2.20. The van der Waals surface area contributed by atoms with Crippen molar-refractivity contribution in [2.24, 2.45) is 0 Å². The van der Waals surface area contributed by atoms with Crippen molar-refractivity contribution in [3.8, 4) is 5.75 Å². The van der Waals surface area contributed by atoms with Gasteiger partial charge in [0.2, 0.25) is 0 Å². The van der Waals surface area contributed by atoms with Gasteiger partial charge in [-0.05, 0) is 36.4 Å². The Morgan fingerprint density at radius 3 is 2.60 bits per heavy atom. The van der Waals surface area contributed by atoms with E-state index >= 15 is 0 Å². The van der Waals surface area contributed by atoms with Crippen LogP contribution in [-0.4, -0.2) is 13.7 Å². The molecule has 0 saturated carbocycles. The second-order valence-electron chi connectivity index (χ2n) is 4.40. The SMILES string of the molecule is CCNC(c1ccccc1Br)c1cc(Cl)ccc1OC. The summed E-state index contributed by atoms with van der Waals surface area (Å²) in [7, 11) is 1.68. The number of rotatable bonds is 5. The molecular formula is C16H17BrClNO. The van der Waals surface area contributed by atoms with Crippen LogP contribution in [0, 0.1) is 0 Å². The molecule has 1 atom stereocenters. The normalized spacial score (nSPS) is 12.2. The Kier molecular flexibility index (Phi) is 5.46. The van der Waals surface area contributed by atoms with Crippen molar-refractivity contribution in [1.82, 2.24) is 5.32 Å². The number of methoxy groups -OCH3 is 1. The van der Waals surface area contributed by atoms with Gasteiger partial charge in [0, 0.05) is 15.1 Å². The number of hydrogen-bond donors (Lipinski definition) is 1. The van der Waals surface area contributed by atoms with Crippen LogP contribution >= 0.6 is 27.5 Å². The summed E-state index contributed by atoms with van der Waals surface area (Å²) in [6.07, 6.45) is 0. The minimum absolute atomic E-state index is 0.0317. The molecule has 20 heavy (non-hydrogen) atoms. The first kappa shape index (κ1) is 15.4. The monoisotopic (exact) mass is 353 g/mol. The molecule has 0 heterocycles. The Labute approximate surface area is 133 Å². The predicted molar refractivity (Wildman–Crippen MR) is 87.7 cm³/mol. The van der Waals surface area contributed by atoms with Crippen LogP contribution in [0.15, 0.2) is 46.9 Å². The molecule has 4 heteroatoms. The molecular weight excluding hydrogens is 338 g/mol. The Hall–Kier alpha value is -1.03. The van der Waals surface area contributed by atoms with E-state index in [0.717, 1.165) is 27.9 Å². The molecule has 0 spiro atoms. The molecule has 0 amide bonds. The van der Waals surface area contributed by atoms with Crippen LogP contribution in [0.3, 0.4) is 0 Å². The first-order chi connectivity index (χ1) is 9.67. The largest absolute Gasteiger partial charge is 0.496 e. The Morgan fingerprint density at radius 2 is 1.95 bits per heavy atom. The zero-order valence-corrected chi connectivity index (χ0v) is 13.8. The summed E-state index contributed by atoms with van der Waals surface area (Å²) >= 11 is 9.77. The highest BCUT2D eigenvalue weighted by Gasteiger charge is 2.19. The van der Waals surface area contributed by atoms with Gasteiger partial charge in [0.1, 0.15) is 5.75 Å². The van der Waals surface area contributed by atoms with Gasteiger partial charge in [0.05, 0.1) is 13.2 Å². The van der Waals surface area contributed by atoms with E-state index in [1.54, 1.807) is 7.11 Å². The summed E-state index contributed by atoms with van der Waals surface area (Å²) in [4.78, 5) is 0. The molecule has 2 aromatic rings. The first-order valence-corrected chi connectivity index (χ1v) is 7.65. The van der Waals surface area contributed by atoms with Crippen LogP contribution in [-0.2, 0) is 0 Å². The molecule has 0 radical (unpaired) electrons. The second kappa shape index (κ2) is 7.11. The molecule has 1 unspecified atom stereocenters. The Balaban J connectivity index is 2.54. The fourth-order valence-electron chi connectivity index (χ4n) is 2.23. The molecule has 1 N–H and O–H groups in total. The van der Waals surface area contributed by atoms with Crippen LogP contribution in [0.1, 0.15) is 24.1 Å². The van der Waals surface area contributed by atoms with Gasteiger partial charge in [0.25, 0.3) is 0 Å². The van der Waals surface area contributed by atoms with Gasteiger partial charge in [-0.15, -0.1) is 0 Å². The smallest absolute Gasteiger partial charge is 0.124 e. The number of hydrogen-bond acceptors (Lipinski definition) is 2. The maximum atomic E-state index is 6.15. The average molecular weight is 355 g/mol. The van der Waals surface area contributed by atoms with Crippen LogP contribution < -0.4 is 10.1 Å². The molecule has 106 valence electrons. The van der Waals surface area contributed by atoms with Crippen molar-refractivity contribution in [3.63, 3.8) is 0 Å². The molecule has 0 bridgehead atoms. The zero-order valence-electron chi connectivity index (χ0n) is 11.5. The Morgan fingerprint density at radius 1 is 1.20 bits per heavy atom. The molecule has 2 rings (SSSR count). The Bertz CT molecular complexity index is 588. The third-order valence-corrected chi connectivity index (χ3v) is 4.08. The zero-order chi connectivity index (χ0) is 14.5. The van der Waals surface area contributed by atoms with E-state index in [-0.39, 0.29) is 6.04 Å². The minimum Gasteiger partial charge on any atom is -0.496 e. The molecule has 0 aliphatic carbocycles. The standard InChI is InChI=1S/C16H17BrClNO/c1-3-19-16(12-6-4-5-7-14(12)17)13-10-11(18)8-9-15(13)20-2/h4-10,16,19H,3H2,1-2H3. The fraction of sp³-hybridized carbons (Fsp3) is 0.250. The van der Waals surface area contributed by atoms with Gasteiger partial charge in [-0.1, -0.05) is 52.7 Å². The highest BCUT2D eigenvalue weighted by atomic mass is 79.9. The molecule has 0 aromatic heterocycles. The van der Waals surface area contributed by atoms with Crippen molar-refractivity contribution in [2.75, 3.05) is 13.7 Å². The van der Waals surface area contributed by atoms with Gasteiger partial charge < -0.3 is 10.1 Å². The van der Waals surface area contributed by atoms with Crippen molar-refractivity contribution in [3.05, 3.63) is 63.1 Å². The summed E-state index contributed by atoms with van der Waals surface area (Å²) < 4.78 is 6.54. The molecule has 2 nitrogen and oxygen atoms in total. The average Bonchev–Trinajstić information content (AvgIpc) is 2.46. The highest BCUT2D eigenvalue weighted by Crippen LogP contribution is 2.35. The molecule has 0 aliphatic heterocycles. The predicted octanol–water partition coefficient (Wildman–Crippen LogP) is 4.81. The quantitative estimate of drug-likeness (QED) is 0.832. The second-order valence-corrected chi connectivity index (χ2v) is 5.69. The third-order valence-electron chi connectivity index (χ3n) is 3.13. The van der Waals surface area contributed by atoms with Crippen molar-refractivity contribution in [1.29, 1.82) is 0 Å². The number of halogens is 2. The fourth-order valence-corrected chi connectivity index (χ4v) is 2.93. The highest BCUT2D eigenvalue weighted by molar-refractivity contribution is 9.10. The van der Waals surface area contributed by atoms with E-state index in [4.69, 9.17) is 16.3 Å². The van der Waals surface area contributed by atoms with Gasteiger partial charge >= 0.3 is 0 Å². The van der Waals surface area contributed by atoms with Crippen molar-refractivity contribution < 1.29 is 4.74 Å². The number of benzene rings is 2. The molecule has 2 aromatic carbocycles. The molecule has 0 saturated heterocycles. The lowest BCUT2D eigenvalue weighted by Gasteiger charge is -2.22. The van der Waals surface area contributed by atoms with E-state index in [2.05, 4.69) is 34.2 Å². The topological polar surface area (TPSA) is 21.3 Å².